The summed E-state index contributed by atoms with van der Waals surface area (Å²) in [6.07, 6.45) is 2.95. The average Bonchev–Trinajstić information content (AvgIpc) is 2.83. The predicted octanol–water partition coefficient (Wildman–Crippen LogP) is 4.57. The molecule has 0 aromatic heterocycles. The number of anilines is 1. The molecule has 0 aliphatic carbocycles. The standard InChI is InChI=1S/C28H41N3O4S/c1-7-22(4)29-28(33)25(8-2)30(20-24-15-10-9-11-16-24)27(32)18-13-19-31(36(6,34)35)26-17-12-14-21(3)23(26)5/h9-12,14-17,22,25H,7-8,13,18-20H2,1-6H3,(H,29,33). The number of carbonyl (C=O) groups is 2. The van der Waals surface area contributed by atoms with Crippen molar-refractivity contribution < 1.29 is 18.0 Å². The van der Waals surface area contributed by atoms with Crippen molar-refractivity contribution in [1.29, 1.82) is 0 Å². The Kier molecular flexibility index (Phi) is 11.0. The van der Waals surface area contributed by atoms with Crippen LogP contribution in [0.1, 0.15) is 63.1 Å². The number of hydrogen-bond donors (Lipinski definition) is 1. The van der Waals surface area contributed by atoms with E-state index in [1.54, 1.807) is 11.0 Å². The molecule has 0 aliphatic rings. The topological polar surface area (TPSA) is 86.8 Å². The molecule has 2 rings (SSSR count). The summed E-state index contributed by atoms with van der Waals surface area (Å²) in [7, 11) is -3.53. The number of hydrogen-bond acceptors (Lipinski definition) is 4. The fraction of sp³-hybridized carbons (Fsp3) is 0.500. The van der Waals surface area contributed by atoms with Gasteiger partial charge in [-0.25, -0.2) is 8.42 Å². The molecule has 36 heavy (non-hydrogen) atoms. The second-order valence-electron chi connectivity index (χ2n) is 9.41. The number of aryl methyl sites for hydroxylation is 1. The summed E-state index contributed by atoms with van der Waals surface area (Å²) in [5.41, 5.74) is 3.47. The van der Waals surface area contributed by atoms with E-state index < -0.39 is 16.1 Å². The third kappa shape index (κ3) is 8.08. The van der Waals surface area contributed by atoms with Gasteiger partial charge in [-0.05, 0) is 62.8 Å². The SMILES string of the molecule is CCC(C)NC(=O)C(CC)N(Cc1ccccc1)C(=O)CCCN(c1cccc(C)c1C)S(C)(=O)=O. The molecule has 198 valence electrons. The van der Waals surface area contributed by atoms with Gasteiger partial charge in [-0.1, -0.05) is 56.3 Å². The van der Waals surface area contributed by atoms with Gasteiger partial charge < -0.3 is 10.2 Å². The molecule has 2 unspecified atom stereocenters. The van der Waals surface area contributed by atoms with Crippen LogP contribution in [0.2, 0.25) is 0 Å². The van der Waals surface area contributed by atoms with Crippen molar-refractivity contribution in [3.05, 3.63) is 65.2 Å². The molecule has 0 saturated carbocycles. The van der Waals surface area contributed by atoms with E-state index in [0.29, 0.717) is 25.1 Å². The fourth-order valence-electron chi connectivity index (χ4n) is 4.13. The van der Waals surface area contributed by atoms with E-state index >= 15 is 0 Å². The summed E-state index contributed by atoms with van der Waals surface area (Å²) in [5.74, 6) is -0.330. The molecule has 8 heteroatoms. The molecule has 2 amide bonds. The zero-order chi connectivity index (χ0) is 26.9. The van der Waals surface area contributed by atoms with Gasteiger partial charge in [0.15, 0.2) is 0 Å². The quantitative estimate of drug-likeness (QED) is 0.423. The molecular weight excluding hydrogens is 474 g/mol. The van der Waals surface area contributed by atoms with Gasteiger partial charge in [-0.15, -0.1) is 0 Å². The maximum Gasteiger partial charge on any atom is 0.243 e. The first-order valence-corrected chi connectivity index (χ1v) is 14.5. The molecule has 1 N–H and O–H groups in total. The maximum atomic E-state index is 13.5. The van der Waals surface area contributed by atoms with Crippen molar-refractivity contribution in [2.45, 2.75) is 78.9 Å². The third-order valence-corrected chi connectivity index (χ3v) is 7.76. The van der Waals surface area contributed by atoms with Crippen LogP contribution in [0, 0.1) is 13.8 Å². The molecule has 0 heterocycles. The first-order valence-electron chi connectivity index (χ1n) is 12.7. The molecule has 0 radical (unpaired) electrons. The molecule has 2 aromatic rings. The van der Waals surface area contributed by atoms with E-state index in [1.165, 1.54) is 10.6 Å². The van der Waals surface area contributed by atoms with Gasteiger partial charge in [0.1, 0.15) is 6.04 Å². The summed E-state index contributed by atoms with van der Waals surface area (Å²) >= 11 is 0. The second kappa shape index (κ2) is 13.4. The molecule has 0 fully saturated rings. The summed E-state index contributed by atoms with van der Waals surface area (Å²) < 4.78 is 26.6. The van der Waals surface area contributed by atoms with Gasteiger partial charge >= 0.3 is 0 Å². The zero-order valence-electron chi connectivity index (χ0n) is 22.5. The Morgan fingerprint density at radius 2 is 1.64 bits per heavy atom. The normalized spacial score (nSPS) is 13.1. The van der Waals surface area contributed by atoms with Crippen molar-refractivity contribution >= 4 is 27.5 Å². The van der Waals surface area contributed by atoms with Gasteiger partial charge in [0.2, 0.25) is 21.8 Å². The van der Waals surface area contributed by atoms with Crippen LogP contribution in [0.3, 0.4) is 0 Å². The van der Waals surface area contributed by atoms with Crippen LogP contribution in [0.4, 0.5) is 5.69 Å². The smallest absolute Gasteiger partial charge is 0.243 e. The highest BCUT2D eigenvalue weighted by atomic mass is 32.2. The van der Waals surface area contributed by atoms with Crippen LogP contribution < -0.4 is 9.62 Å². The molecule has 0 saturated heterocycles. The number of carbonyl (C=O) groups excluding carboxylic acids is 2. The lowest BCUT2D eigenvalue weighted by Crippen LogP contribution is -2.50. The van der Waals surface area contributed by atoms with E-state index in [2.05, 4.69) is 5.32 Å². The van der Waals surface area contributed by atoms with E-state index in [4.69, 9.17) is 0 Å². The Labute approximate surface area is 216 Å². The molecular formula is C28H41N3O4S. The van der Waals surface area contributed by atoms with E-state index in [9.17, 15) is 18.0 Å². The van der Waals surface area contributed by atoms with Gasteiger partial charge in [-0.3, -0.25) is 13.9 Å². The van der Waals surface area contributed by atoms with Crippen LogP contribution in [0.5, 0.6) is 0 Å². The fourth-order valence-corrected chi connectivity index (χ4v) is 5.14. The maximum absolute atomic E-state index is 13.5. The van der Waals surface area contributed by atoms with E-state index in [-0.39, 0.29) is 30.8 Å². The minimum atomic E-state index is -3.53. The summed E-state index contributed by atoms with van der Waals surface area (Å²) in [5, 5.41) is 3.01. The van der Waals surface area contributed by atoms with Gasteiger partial charge in [0, 0.05) is 25.6 Å². The highest BCUT2D eigenvalue weighted by Crippen LogP contribution is 2.25. The van der Waals surface area contributed by atoms with Crippen molar-refractivity contribution in [2.75, 3.05) is 17.1 Å². The minimum Gasteiger partial charge on any atom is -0.352 e. The van der Waals surface area contributed by atoms with Crippen molar-refractivity contribution in [2.24, 2.45) is 0 Å². The average molecular weight is 516 g/mol. The molecule has 2 aromatic carbocycles. The third-order valence-electron chi connectivity index (χ3n) is 6.58. The lowest BCUT2D eigenvalue weighted by atomic mass is 10.1. The first kappa shape index (κ1) is 29.4. The Morgan fingerprint density at radius 3 is 2.22 bits per heavy atom. The number of amides is 2. The monoisotopic (exact) mass is 515 g/mol. The zero-order valence-corrected chi connectivity index (χ0v) is 23.3. The second-order valence-corrected chi connectivity index (χ2v) is 11.3. The van der Waals surface area contributed by atoms with E-state index in [0.717, 1.165) is 23.1 Å². The van der Waals surface area contributed by atoms with Gasteiger partial charge in [-0.2, -0.15) is 0 Å². The largest absolute Gasteiger partial charge is 0.352 e. The Hall–Kier alpha value is -2.87. The summed E-state index contributed by atoms with van der Waals surface area (Å²) in [6.45, 7) is 10.2. The highest BCUT2D eigenvalue weighted by molar-refractivity contribution is 7.92. The number of nitrogens with one attached hydrogen (secondary N) is 1. The minimum absolute atomic E-state index is 0.0149. The Bertz CT molecular complexity index is 1120. The van der Waals surface area contributed by atoms with Crippen LogP contribution in [-0.2, 0) is 26.2 Å². The molecule has 0 spiro atoms. The predicted molar refractivity (Wildman–Crippen MR) is 146 cm³/mol. The van der Waals surface area contributed by atoms with Crippen molar-refractivity contribution in [3.8, 4) is 0 Å². The summed E-state index contributed by atoms with van der Waals surface area (Å²) in [6, 6.07) is 14.6. The van der Waals surface area contributed by atoms with E-state index in [1.807, 2.05) is 77.1 Å². The Morgan fingerprint density at radius 1 is 0.972 bits per heavy atom. The van der Waals surface area contributed by atoms with Crippen molar-refractivity contribution in [1.82, 2.24) is 10.2 Å². The molecule has 7 nitrogen and oxygen atoms in total. The molecule has 0 bridgehead atoms. The van der Waals surface area contributed by atoms with Crippen LogP contribution in [0.15, 0.2) is 48.5 Å². The highest BCUT2D eigenvalue weighted by Gasteiger charge is 2.29. The Balaban J connectivity index is 2.23. The first-order chi connectivity index (χ1) is 17.0. The van der Waals surface area contributed by atoms with Crippen LogP contribution in [0.25, 0.3) is 0 Å². The van der Waals surface area contributed by atoms with Crippen molar-refractivity contribution in [3.63, 3.8) is 0 Å². The lowest BCUT2D eigenvalue weighted by Gasteiger charge is -2.32. The van der Waals surface area contributed by atoms with Crippen LogP contribution >= 0.6 is 0 Å². The van der Waals surface area contributed by atoms with Gasteiger partial charge in [0.25, 0.3) is 0 Å². The number of nitrogens with zero attached hydrogens (tertiary/aromatic N) is 2. The van der Waals surface area contributed by atoms with Gasteiger partial charge in [0.05, 0.1) is 11.9 Å². The molecule has 0 aliphatic heterocycles. The lowest BCUT2D eigenvalue weighted by molar-refractivity contribution is -0.141. The number of sulfonamides is 1. The number of benzene rings is 2. The van der Waals surface area contributed by atoms with Crippen LogP contribution in [-0.4, -0.2) is 50.0 Å². The number of rotatable bonds is 13. The molecule has 2 atom stereocenters. The summed E-state index contributed by atoms with van der Waals surface area (Å²) in [4.78, 5) is 28.2.